The van der Waals surface area contributed by atoms with Crippen molar-refractivity contribution in [3.63, 3.8) is 0 Å². The van der Waals surface area contributed by atoms with E-state index in [9.17, 15) is 9.18 Å². The number of nitrogens with one attached hydrogen (secondary N) is 1. The molecule has 37 heavy (non-hydrogen) atoms. The first-order valence-electron chi connectivity index (χ1n) is 13.1. The molecule has 2 aromatic heterocycles. The van der Waals surface area contributed by atoms with Crippen LogP contribution in [0.15, 0.2) is 28.3 Å². The highest BCUT2D eigenvalue weighted by Crippen LogP contribution is 2.35. The molecule has 1 atom stereocenters. The summed E-state index contributed by atoms with van der Waals surface area (Å²) in [6.45, 7) is 9.82. The first-order chi connectivity index (χ1) is 17.6. The van der Waals surface area contributed by atoms with Crippen LogP contribution >= 0.6 is 11.6 Å². The van der Waals surface area contributed by atoms with Gasteiger partial charge >= 0.3 is 0 Å². The molecule has 202 valence electrons. The van der Waals surface area contributed by atoms with Crippen LogP contribution in [0.4, 0.5) is 10.1 Å². The first-order valence-corrected chi connectivity index (χ1v) is 13.5. The lowest BCUT2D eigenvalue weighted by Gasteiger charge is -2.30. The van der Waals surface area contributed by atoms with Crippen molar-refractivity contribution in [2.24, 2.45) is 17.0 Å². The van der Waals surface area contributed by atoms with Gasteiger partial charge in [0, 0.05) is 30.3 Å². The molecule has 0 radical (unpaired) electrons. The maximum atomic E-state index is 13.7. The number of pyridine rings is 1. The molecular weight excluding hydrogens is 497 g/mol. The lowest BCUT2D eigenvalue weighted by atomic mass is 9.81. The van der Waals surface area contributed by atoms with Crippen LogP contribution in [-0.2, 0) is 9.57 Å². The summed E-state index contributed by atoms with van der Waals surface area (Å²) < 4.78 is 20.7. The number of halogens is 2. The van der Waals surface area contributed by atoms with Crippen molar-refractivity contribution >= 4 is 23.0 Å². The van der Waals surface area contributed by atoms with E-state index in [4.69, 9.17) is 21.2 Å². The SMILES string of the molecule is Cc1nc(F)ccc1/C(=N\OC(C)(C)C)C1CCC(n2ncc(NC[C@@H]3CCCOC3)c(Cl)c2=O)CC1. The van der Waals surface area contributed by atoms with Gasteiger partial charge in [0.2, 0.25) is 5.95 Å². The summed E-state index contributed by atoms with van der Waals surface area (Å²) in [6.07, 6.45) is 6.83. The summed E-state index contributed by atoms with van der Waals surface area (Å²) in [5.41, 5.74) is 1.95. The zero-order valence-corrected chi connectivity index (χ0v) is 22.9. The summed E-state index contributed by atoms with van der Waals surface area (Å²) in [6, 6.07) is 3.01. The smallest absolute Gasteiger partial charge is 0.287 e. The summed E-state index contributed by atoms with van der Waals surface area (Å²) in [5.74, 6) is -0.0247. The molecule has 1 aliphatic carbocycles. The number of aryl methyl sites for hydroxylation is 1. The molecule has 0 aromatic carbocycles. The molecule has 0 amide bonds. The quantitative estimate of drug-likeness (QED) is 0.286. The fraction of sp³-hybridized carbons (Fsp3) is 0.630. The van der Waals surface area contributed by atoms with Gasteiger partial charge in [0.15, 0.2) is 0 Å². The lowest BCUT2D eigenvalue weighted by Crippen LogP contribution is -2.33. The largest absolute Gasteiger partial charge is 0.390 e. The first kappa shape index (κ1) is 27.5. The van der Waals surface area contributed by atoms with Crippen LogP contribution in [0.1, 0.15) is 76.6 Å². The predicted octanol–water partition coefficient (Wildman–Crippen LogP) is 5.53. The number of anilines is 1. The van der Waals surface area contributed by atoms with Crippen LogP contribution in [-0.4, -0.2) is 45.8 Å². The van der Waals surface area contributed by atoms with Crippen LogP contribution in [0.25, 0.3) is 0 Å². The zero-order valence-electron chi connectivity index (χ0n) is 22.1. The molecule has 2 fully saturated rings. The molecule has 4 rings (SSSR count). The van der Waals surface area contributed by atoms with Crippen molar-refractivity contribution in [3.8, 4) is 0 Å². The van der Waals surface area contributed by atoms with Gasteiger partial charge in [-0.05, 0) is 84.3 Å². The van der Waals surface area contributed by atoms with Crippen LogP contribution in [0.5, 0.6) is 0 Å². The number of nitrogens with zero attached hydrogens (tertiary/aromatic N) is 4. The fourth-order valence-corrected chi connectivity index (χ4v) is 5.18. The Bertz CT molecular complexity index is 1170. The number of rotatable bonds is 7. The van der Waals surface area contributed by atoms with Gasteiger partial charge in [0.25, 0.3) is 5.56 Å². The van der Waals surface area contributed by atoms with Gasteiger partial charge < -0.3 is 14.9 Å². The number of aromatic nitrogens is 3. The normalized spacial score (nSPS) is 23.1. The highest BCUT2D eigenvalue weighted by molar-refractivity contribution is 6.32. The molecule has 3 heterocycles. The second-order valence-corrected chi connectivity index (χ2v) is 11.4. The highest BCUT2D eigenvalue weighted by Gasteiger charge is 2.30. The van der Waals surface area contributed by atoms with Crippen molar-refractivity contribution in [2.75, 3.05) is 25.1 Å². The zero-order chi connectivity index (χ0) is 26.6. The Kier molecular flexibility index (Phi) is 8.85. The van der Waals surface area contributed by atoms with Crippen molar-refractivity contribution in [1.29, 1.82) is 0 Å². The maximum Gasteiger partial charge on any atom is 0.287 e. The summed E-state index contributed by atoms with van der Waals surface area (Å²) in [7, 11) is 0. The molecule has 2 aromatic rings. The van der Waals surface area contributed by atoms with Gasteiger partial charge in [-0.2, -0.15) is 9.49 Å². The maximum absolute atomic E-state index is 13.7. The number of ether oxygens (including phenoxy) is 1. The minimum Gasteiger partial charge on any atom is -0.390 e. The summed E-state index contributed by atoms with van der Waals surface area (Å²) in [5, 5.41) is 12.4. The molecule has 1 N–H and O–H groups in total. The Hall–Kier alpha value is -2.52. The number of hydrogen-bond donors (Lipinski definition) is 1. The fourth-order valence-electron chi connectivity index (χ4n) is 4.98. The van der Waals surface area contributed by atoms with Gasteiger partial charge in [-0.1, -0.05) is 16.8 Å². The number of hydrogen-bond acceptors (Lipinski definition) is 7. The van der Waals surface area contributed by atoms with E-state index < -0.39 is 11.5 Å². The minimum absolute atomic E-state index is 0.0562. The highest BCUT2D eigenvalue weighted by atomic mass is 35.5. The minimum atomic E-state index is -0.520. The predicted molar refractivity (Wildman–Crippen MR) is 143 cm³/mol. The van der Waals surface area contributed by atoms with Crippen molar-refractivity contribution in [3.05, 3.63) is 50.9 Å². The third-order valence-electron chi connectivity index (χ3n) is 6.95. The van der Waals surface area contributed by atoms with E-state index in [1.807, 2.05) is 20.8 Å². The Balaban J connectivity index is 1.46. The van der Waals surface area contributed by atoms with Gasteiger partial charge in [-0.3, -0.25) is 4.79 Å². The second kappa shape index (κ2) is 11.9. The third kappa shape index (κ3) is 7.08. The van der Waals surface area contributed by atoms with E-state index in [1.165, 1.54) is 10.7 Å². The van der Waals surface area contributed by atoms with Crippen molar-refractivity contribution in [2.45, 2.75) is 77.9 Å². The second-order valence-electron chi connectivity index (χ2n) is 11.0. The number of oxime groups is 1. The Labute approximate surface area is 222 Å². The molecule has 2 aliphatic rings. The van der Waals surface area contributed by atoms with Gasteiger partial charge in [-0.25, -0.2) is 9.67 Å². The molecule has 0 spiro atoms. The topological polar surface area (TPSA) is 90.6 Å². The molecule has 0 unspecified atom stereocenters. The van der Waals surface area contributed by atoms with Crippen LogP contribution < -0.4 is 10.9 Å². The van der Waals surface area contributed by atoms with Crippen LogP contribution in [0, 0.1) is 24.7 Å². The summed E-state index contributed by atoms with van der Waals surface area (Å²) in [4.78, 5) is 22.8. The van der Waals surface area contributed by atoms with Gasteiger partial charge in [0.1, 0.15) is 10.6 Å². The Morgan fingerprint density at radius 2 is 2.03 bits per heavy atom. The Morgan fingerprint density at radius 1 is 1.27 bits per heavy atom. The molecule has 1 saturated carbocycles. The molecule has 1 aliphatic heterocycles. The summed E-state index contributed by atoms with van der Waals surface area (Å²) >= 11 is 6.47. The average Bonchev–Trinajstić information content (AvgIpc) is 2.86. The molecule has 10 heteroatoms. The third-order valence-corrected chi connectivity index (χ3v) is 7.32. The molecule has 1 saturated heterocycles. The van der Waals surface area contributed by atoms with Crippen molar-refractivity contribution < 1.29 is 14.0 Å². The van der Waals surface area contributed by atoms with E-state index in [-0.39, 0.29) is 22.5 Å². The Morgan fingerprint density at radius 3 is 2.68 bits per heavy atom. The van der Waals surface area contributed by atoms with E-state index in [0.717, 1.165) is 63.0 Å². The monoisotopic (exact) mass is 533 g/mol. The van der Waals surface area contributed by atoms with Gasteiger partial charge in [-0.15, -0.1) is 0 Å². The molecular formula is C27H37ClFN5O3. The van der Waals surface area contributed by atoms with E-state index >= 15 is 0 Å². The van der Waals surface area contributed by atoms with E-state index in [0.29, 0.717) is 23.8 Å². The van der Waals surface area contributed by atoms with E-state index in [1.54, 1.807) is 19.2 Å². The van der Waals surface area contributed by atoms with Crippen LogP contribution in [0.2, 0.25) is 5.02 Å². The van der Waals surface area contributed by atoms with Crippen molar-refractivity contribution in [1.82, 2.24) is 14.8 Å². The standard InChI is InChI=1S/C27H37ClFN5O3/c1-17-21(11-12-23(29)32-17)25(33-37-27(2,3)4)19-7-9-20(10-8-19)34-26(35)24(28)22(15-31-34)30-14-18-6-5-13-36-16-18/h11-12,15,18-20,30H,5-10,13-14,16H2,1-4H3/b33-25-/t18-,19?,20?/m0/s1. The molecule has 0 bridgehead atoms. The lowest BCUT2D eigenvalue weighted by molar-refractivity contribution is -0.000104. The average molecular weight is 534 g/mol. The van der Waals surface area contributed by atoms with Crippen LogP contribution in [0.3, 0.4) is 0 Å². The van der Waals surface area contributed by atoms with E-state index in [2.05, 4.69) is 20.6 Å². The van der Waals surface area contributed by atoms with Gasteiger partial charge in [0.05, 0.1) is 30.2 Å². The molecule has 8 nitrogen and oxygen atoms in total.